The number of ether oxygens (including phenoxy) is 1. The Labute approximate surface area is 169 Å². The van der Waals surface area contributed by atoms with Gasteiger partial charge in [-0.2, -0.15) is 5.10 Å². The zero-order valence-electron chi connectivity index (χ0n) is 17.0. The fourth-order valence-electron chi connectivity index (χ4n) is 2.98. The first-order valence-corrected chi connectivity index (χ1v) is 13.3. The lowest BCUT2D eigenvalue weighted by Crippen LogP contribution is -2.49. The maximum absolute atomic E-state index is 15.6. The fraction of sp³-hybridized carbons (Fsp3) is 0.706. The number of aliphatic hydroxyl groups is 1. The van der Waals surface area contributed by atoms with E-state index in [1.165, 1.54) is 22.8 Å². The number of alkyl halides is 1. The zero-order valence-corrected chi connectivity index (χ0v) is 18.8. The number of aliphatic hydroxyl groups excluding tert-OH is 1. The Morgan fingerprint density at radius 3 is 2.64 bits per heavy atom. The molecule has 1 unspecified atom stereocenters. The molecule has 1 fully saturated rings. The largest absolute Gasteiger partial charge is 0.408 e. The van der Waals surface area contributed by atoms with Gasteiger partial charge in [-0.25, -0.2) is 19.0 Å². The minimum Gasteiger partial charge on any atom is -0.408 e. The maximum atomic E-state index is 15.6. The van der Waals surface area contributed by atoms with Crippen molar-refractivity contribution in [1.29, 1.82) is 0 Å². The molecule has 0 aromatic carbocycles. The van der Waals surface area contributed by atoms with Crippen LogP contribution in [-0.2, 0) is 9.16 Å². The summed E-state index contributed by atoms with van der Waals surface area (Å²) in [5, 5.41) is 15.3. The molecule has 1 aliphatic heterocycles. The average molecular weight is 430 g/mol. The Morgan fingerprint density at radius 1 is 1.39 bits per heavy atom. The van der Waals surface area contributed by atoms with Gasteiger partial charge in [0.1, 0.15) is 29.4 Å². The van der Waals surface area contributed by atoms with Crippen LogP contribution in [0.4, 0.5) is 10.2 Å². The number of rotatable bonds is 5. The molecule has 4 atom stereocenters. The number of nitrogens with two attached hydrogens (primary N) is 1. The standard InChI is InChI=1S/C17H28FN5O3SSi/c1-17(2,3)28(5,6)26-12-9(7-24)25-16(11(12)18)23-14-10(15(22-23)27-4)13(19)20-8-21-14/h8-9,11-12,16,24H,7H2,1-6H3,(H2,19,20,21)/t9-,11-,12?,16+/m0/s1. The molecular formula is C17H28FN5O3SSi. The van der Waals surface area contributed by atoms with Crippen LogP contribution < -0.4 is 5.73 Å². The predicted molar refractivity (Wildman–Crippen MR) is 109 cm³/mol. The van der Waals surface area contributed by atoms with Gasteiger partial charge >= 0.3 is 0 Å². The number of nitrogen functional groups attached to an aromatic ring is 1. The van der Waals surface area contributed by atoms with Crippen LogP contribution in [0.3, 0.4) is 0 Å². The molecule has 0 bridgehead atoms. The first-order valence-electron chi connectivity index (χ1n) is 9.12. The minimum atomic E-state index is -2.28. The fourth-order valence-corrected chi connectivity index (χ4v) is 4.87. The van der Waals surface area contributed by atoms with Crippen molar-refractivity contribution in [3.8, 4) is 0 Å². The second-order valence-corrected chi connectivity index (χ2v) is 14.0. The molecule has 0 saturated carbocycles. The molecule has 11 heteroatoms. The summed E-state index contributed by atoms with van der Waals surface area (Å²) < 4.78 is 29.1. The third-order valence-electron chi connectivity index (χ3n) is 5.60. The normalized spacial score (nSPS) is 26.3. The number of aromatic nitrogens is 4. The predicted octanol–water partition coefficient (Wildman–Crippen LogP) is 2.75. The summed E-state index contributed by atoms with van der Waals surface area (Å²) in [6, 6.07) is 0. The van der Waals surface area contributed by atoms with E-state index in [1.54, 1.807) is 0 Å². The van der Waals surface area contributed by atoms with E-state index in [9.17, 15) is 5.11 Å². The highest BCUT2D eigenvalue weighted by molar-refractivity contribution is 7.98. The molecule has 0 radical (unpaired) electrons. The van der Waals surface area contributed by atoms with Crippen LogP contribution in [0.2, 0.25) is 18.1 Å². The van der Waals surface area contributed by atoms with Crippen LogP contribution in [0.1, 0.15) is 27.0 Å². The van der Waals surface area contributed by atoms with E-state index in [2.05, 4.69) is 35.8 Å². The number of thioether (sulfide) groups is 1. The first-order chi connectivity index (χ1) is 13.0. The molecule has 1 aliphatic rings. The first kappa shape index (κ1) is 21.4. The zero-order chi connectivity index (χ0) is 20.9. The lowest BCUT2D eigenvalue weighted by atomic mass is 10.1. The monoisotopic (exact) mass is 429 g/mol. The van der Waals surface area contributed by atoms with Gasteiger partial charge in [-0.1, -0.05) is 20.8 Å². The number of hydrogen-bond donors (Lipinski definition) is 2. The topological polar surface area (TPSA) is 108 Å². The van der Waals surface area contributed by atoms with E-state index >= 15 is 4.39 Å². The van der Waals surface area contributed by atoms with Crippen molar-refractivity contribution < 1.29 is 18.7 Å². The summed E-state index contributed by atoms with van der Waals surface area (Å²) in [5.74, 6) is 0.279. The smallest absolute Gasteiger partial charge is 0.192 e. The van der Waals surface area contributed by atoms with Crippen LogP contribution in [0.5, 0.6) is 0 Å². The summed E-state index contributed by atoms with van der Waals surface area (Å²) in [6.07, 6.45) is -1.09. The molecule has 28 heavy (non-hydrogen) atoms. The van der Waals surface area contributed by atoms with Crippen molar-refractivity contribution in [2.45, 2.75) is 68.5 Å². The maximum Gasteiger partial charge on any atom is 0.192 e. The summed E-state index contributed by atoms with van der Waals surface area (Å²) in [5.41, 5.74) is 6.38. The van der Waals surface area contributed by atoms with Crippen LogP contribution in [-0.4, -0.2) is 64.4 Å². The third kappa shape index (κ3) is 3.54. The lowest BCUT2D eigenvalue weighted by Gasteiger charge is -2.39. The number of nitrogens with zero attached hydrogens (tertiary/aromatic N) is 4. The molecule has 0 amide bonds. The van der Waals surface area contributed by atoms with Gasteiger partial charge in [0, 0.05) is 0 Å². The van der Waals surface area contributed by atoms with Crippen molar-refractivity contribution in [2.24, 2.45) is 0 Å². The SMILES string of the molecule is CSc1nn([C@@H]2O[C@@H](CO)C(O[Si](C)(C)C(C)(C)C)[C@@H]2F)c2ncnc(N)c12. The number of hydrogen-bond acceptors (Lipinski definition) is 8. The van der Waals surface area contributed by atoms with Crippen molar-refractivity contribution >= 4 is 36.9 Å². The Balaban J connectivity index is 1.99. The van der Waals surface area contributed by atoms with Gasteiger partial charge in [0.2, 0.25) is 0 Å². The Bertz CT molecular complexity index is 859. The highest BCUT2D eigenvalue weighted by Crippen LogP contribution is 2.43. The van der Waals surface area contributed by atoms with Gasteiger partial charge in [-0.05, 0) is 24.4 Å². The summed E-state index contributed by atoms with van der Waals surface area (Å²) >= 11 is 1.37. The molecule has 3 heterocycles. The third-order valence-corrected chi connectivity index (χ3v) is 10.8. The van der Waals surface area contributed by atoms with E-state index < -0.39 is 32.9 Å². The quantitative estimate of drug-likeness (QED) is 0.552. The van der Waals surface area contributed by atoms with Crippen LogP contribution in [0.15, 0.2) is 11.4 Å². The van der Waals surface area contributed by atoms with E-state index in [0.29, 0.717) is 16.1 Å². The van der Waals surface area contributed by atoms with Gasteiger partial charge in [-0.15, -0.1) is 11.8 Å². The van der Waals surface area contributed by atoms with Crippen molar-refractivity contribution in [1.82, 2.24) is 19.7 Å². The van der Waals surface area contributed by atoms with Gasteiger partial charge < -0.3 is 20.0 Å². The molecule has 8 nitrogen and oxygen atoms in total. The second kappa shape index (κ2) is 7.52. The van der Waals surface area contributed by atoms with E-state index in [-0.39, 0.29) is 17.5 Å². The van der Waals surface area contributed by atoms with Gasteiger partial charge in [0.25, 0.3) is 0 Å². The van der Waals surface area contributed by atoms with Crippen molar-refractivity contribution in [2.75, 3.05) is 18.6 Å². The Kier molecular flexibility index (Phi) is 5.76. The number of anilines is 1. The molecule has 3 rings (SSSR count). The molecule has 0 aliphatic carbocycles. The second-order valence-electron chi connectivity index (χ2n) is 8.45. The van der Waals surface area contributed by atoms with Crippen molar-refractivity contribution in [3.63, 3.8) is 0 Å². The highest BCUT2D eigenvalue weighted by Gasteiger charge is 2.51. The van der Waals surface area contributed by atoms with Crippen molar-refractivity contribution in [3.05, 3.63) is 6.33 Å². The van der Waals surface area contributed by atoms with Crippen LogP contribution in [0.25, 0.3) is 11.0 Å². The van der Waals surface area contributed by atoms with Gasteiger partial charge in [0.05, 0.1) is 12.0 Å². The van der Waals surface area contributed by atoms with Crippen LogP contribution >= 0.6 is 11.8 Å². The van der Waals surface area contributed by atoms with E-state index in [1.807, 2.05) is 19.3 Å². The average Bonchev–Trinajstić information content (AvgIpc) is 3.13. The molecule has 0 spiro atoms. The van der Waals surface area contributed by atoms with Gasteiger partial charge in [-0.3, -0.25) is 0 Å². The van der Waals surface area contributed by atoms with Crippen LogP contribution in [0, 0.1) is 0 Å². The highest BCUT2D eigenvalue weighted by atomic mass is 32.2. The summed E-state index contributed by atoms with van der Waals surface area (Å²) in [4.78, 5) is 8.24. The van der Waals surface area contributed by atoms with E-state index in [4.69, 9.17) is 14.9 Å². The molecule has 2 aromatic rings. The summed E-state index contributed by atoms with van der Waals surface area (Å²) in [7, 11) is -2.28. The number of halogens is 1. The Morgan fingerprint density at radius 2 is 2.07 bits per heavy atom. The van der Waals surface area contributed by atoms with Gasteiger partial charge in [0.15, 0.2) is 26.4 Å². The Hall–Kier alpha value is -1.27. The molecular weight excluding hydrogens is 401 g/mol. The van der Waals surface area contributed by atoms with E-state index in [0.717, 1.165) is 0 Å². The number of fused-ring (bicyclic) bond motifs is 1. The molecule has 2 aromatic heterocycles. The molecule has 156 valence electrons. The summed E-state index contributed by atoms with van der Waals surface area (Å²) in [6.45, 7) is 9.99. The lowest BCUT2D eigenvalue weighted by molar-refractivity contribution is -0.0497. The molecule has 3 N–H and O–H groups in total. The minimum absolute atomic E-state index is 0.100. The molecule has 1 saturated heterocycles.